The lowest BCUT2D eigenvalue weighted by molar-refractivity contribution is 0.0919. The molecule has 6 heteroatoms. The lowest BCUT2D eigenvalue weighted by Gasteiger charge is -2.01. The van der Waals surface area contributed by atoms with Crippen LogP contribution in [0.3, 0.4) is 0 Å². The molecule has 0 aliphatic carbocycles. The largest absolute Gasteiger partial charge is 0.451 e. The van der Waals surface area contributed by atoms with Crippen molar-refractivity contribution in [3.05, 3.63) is 30.2 Å². The van der Waals surface area contributed by atoms with Gasteiger partial charge in [0.05, 0.1) is 18.3 Å². The second kappa shape index (κ2) is 5.57. The average Bonchev–Trinajstić information content (AvgIpc) is 3.08. The zero-order valence-corrected chi connectivity index (χ0v) is 11.8. The Balaban J connectivity index is 2.09. The first-order chi connectivity index (χ1) is 10.2. The Morgan fingerprint density at radius 3 is 3.10 bits per heavy atom. The molecule has 0 aliphatic heterocycles. The van der Waals surface area contributed by atoms with E-state index in [4.69, 9.17) is 9.52 Å². The predicted molar refractivity (Wildman–Crippen MR) is 79.2 cm³/mol. The number of fused-ring (bicyclic) bond motifs is 3. The molecule has 21 heavy (non-hydrogen) atoms. The molecule has 3 aromatic rings. The van der Waals surface area contributed by atoms with Crippen molar-refractivity contribution < 1.29 is 14.3 Å². The number of benzene rings is 1. The van der Waals surface area contributed by atoms with E-state index in [2.05, 4.69) is 17.3 Å². The van der Waals surface area contributed by atoms with Gasteiger partial charge in [-0.3, -0.25) is 9.48 Å². The van der Waals surface area contributed by atoms with Crippen LogP contribution in [0.4, 0.5) is 0 Å². The highest BCUT2D eigenvalue weighted by Crippen LogP contribution is 2.28. The summed E-state index contributed by atoms with van der Waals surface area (Å²) in [5.41, 5.74) is 1.65. The van der Waals surface area contributed by atoms with Crippen LogP contribution < -0.4 is 5.32 Å². The molecule has 0 aliphatic rings. The molecule has 6 nitrogen and oxygen atoms in total. The number of hydrogen-bond acceptors (Lipinski definition) is 4. The van der Waals surface area contributed by atoms with Gasteiger partial charge in [-0.2, -0.15) is 5.10 Å². The van der Waals surface area contributed by atoms with Crippen LogP contribution in [-0.4, -0.2) is 33.9 Å². The normalized spacial score (nSPS) is 11.3. The summed E-state index contributed by atoms with van der Waals surface area (Å²) in [6.07, 6.45) is 2.80. The molecule has 0 radical (unpaired) electrons. The smallest absolute Gasteiger partial charge is 0.287 e. The third-order valence-corrected chi connectivity index (χ3v) is 3.35. The summed E-state index contributed by atoms with van der Waals surface area (Å²) in [6, 6.07) is 5.52. The van der Waals surface area contributed by atoms with E-state index >= 15 is 0 Å². The number of amides is 1. The number of nitrogens with one attached hydrogen (secondary N) is 1. The highest BCUT2D eigenvalue weighted by Gasteiger charge is 2.15. The fourth-order valence-corrected chi connectivity index (χ4v) is 2.45. The van der Waals surface area contributed by atoms with E-state index in [1.807, 2.05) is 23.0 Å². The highest BCUT2D eigenvalue weighted by molar-refractivity contribution is 6.06. The number of furan rings is 1. The maximum Gasteiger partial charge on any atom is 0.287 e. The van der Waals surface area contributed by atoms with Crippen molar-refractivity contribution in [3.63, 3.8) is 0 Å². The monoisotopic (exact) mass is 287 g/mol. The van der Waals surface area contributed by atoms with Gasteiger partial charge in [-0.05, 0) is 24.6 Å². The Morgan fingerprint density at radius 2 is 2.33 bits per heavy atom. The molecule has 2 heterocycles. The van der Waals surface area contributed by atoms with Gasteiger partial charge in [-0.25, -0.2) is 0 Å². The minimum Gasteiger partial charge on any atom is -0.451 e. The zero-order valence-electron chi connectivity index (χ0n) is 11.8. The molecular formula is C15H17N3O3. The number of hydrogen-bond donors (Lipinski definition) is 2. The van der Waals surface area contributed by atoms with E-state index in [0.717, 1.165) is 29.3 Å². The van der Waals surface area contributed by atoms with Crippen LogP contribution in [0.25, 0.3) is 21.9 Å². The molecule has 1 amide bonds. The van der Waals surface area contributed by atoms with Crippen LogP contribution in [-0.2, 0) is 6.54 Å². The number of aliphatic hydroxyl groups is 1. The van der Waals surface area contributed by atoms with Gasteiger partial charge < -0.3 is 14.8 Å². The van der Waals surface area contributed by atoms with Gasteiger partial charge in [0.2, 0.25) is 0 Å². The average molecular weight is 287 g/mol. The third-order valence-electron chi connectivity index (χ3n) is 3.35. The molecule has 0 unspecified atom stereocenters. The third kappa shape index (κ3) is 2.38. The van der Waals surface area contributed by atoms with Gasteiger partial charge in [-0.15, -0.1) is 0 Å². The van der Waals surface area contributed by atoms with Crippen molar-refractivity contribution in [2.45, 2.75) is 19.9 Å². The standard InChI is InChI=1S/C15H17N3O3/c1-2-6-18-14-10(9-17-18)3-4-12-11(14)8-13(21-12)15(20)16-5-7-19/h3-4,8-9,19H,2,5-7H2,1H3,(H,16,20). The summed E-state index contributed by atoms with van der Waals surface area (Å²) in [6.45, 7) is 3.02. The first-order valence-electron chi connectivity index (χ1n) is 7.01. The van der Waals surface area contributed by atoms with E-state index in [0.29, 0.717) is 5.58 Å². The van der Waals surface area contributed by atoms with Crippen LogP contribution in [0.1, 0.15) is 23.9 Å². The molecule has 0 saturated carbocycles. The summed E-state index contributed by atoms with van der Waals surface area (Å²) in [4.78, 5) is 11.9. The van der Waals surface area contributed by atoms with Crippen LogP contribution in [0.5, 0.6) is 0 Å². The van der Waals surface area contributed by atoms with Crippen LogP contribution in [0, 0.1) is 0 Å². The minimum atomic E-state index is -0.324. The molecule has 110 valence electrons. The first-order valence-corrected chi connectivity index (χ1v) is 7.01. The molecule has 0 spiro atoms. The van der Waals surface area contributed by atoms with E-state index in [1.165, 1.54) is 0 Å². The van der Waals surface area contributed by atoms with Crippen LogP contribution >= 0.6 is 0 Å². The minimum absolute atomic E-state index is 0.0977. The number of nitrogens with zero attached hydrogens (tertiary/aromatic N) is 2. The fraction of sp³-hybridized carbons (Fsp3) is 0.333. The second-order valence-corrected chi connectivity index (χ2v) is 4.87. The van der Waals surface area contributed by atoms with E-state index in [1.54, 1.807) is 6.07 Å². The SMILES string of the molecule is CCCn1ncc2ccc3oc(C(=O)NCCO)cc3c21. The van der Waals surface area contributed by atoms with Crippen molar-refractivity contribution in [3.8, 4) is 0 Å². The van der Waals surface area contributed by atoms with Crippen molar-refractivity contribution in [1.82, 2.24) is 15.1 Å². The summed E-state index contributed by atoms with van der Waals surface area (Å²) < 4.78 is 7.54. The molecule has 0 atom stereocenters. The van der Waals surface area contributed by atoms with E-state index in [-0.39, 0.29) is 24.8 Å². The van der Waals surface area contributed by atoms with E-state index < -0.39 is 0 Å². The van der Waals surface area contributed by atoms with Gasteiger partial charge in [0.25, 0.3) is 5.91 Å². The number of aryl methyl sites for hydroxylation is 1. The lowest BCUT2D eigenvalue weighted by atomic mass is 10.2. The number of aromatic nitrogens is 2. The van der Waals surface area contributed by atoms with Crippen LogP contribution in [0.15, 0.2) is 28.8 Å². The summed E-state index contributed by atoms with van der Waals surface area (Å²) >= 11 is 0. The summed E-state index contributed by atoms with van der Waals surface area (Å²) in [5.74, 6) is -0.0786. The molecule has 2 N–H and O–H groups in total. The second-order valence-electron chi connectivity index (χ2n) is 4.87. The number of aliphatic hydroxyl groups excluding tert-OH is 1. The Labute approximate surface area is 121 Å². The quantitative estimate of drug-likeness (QED) is 0.751. The van der Waals surface area contributed by atoms with E-state index in [9.17, 15) is 4.79 Å². The molecule has 0 saturated heterocycles. The number of carbonyl (C=O) groups is 1. The number of rotatable bonds is 5. The summed E-state index contributed by atoms with van der Waals surface area (Å²) in [7, 11) is 0. The Hall–Kier alpha value is -2.34. The summed E-state index contributed by atoms with van der Waals surface area (Å²) in [5, 5.41) is 17.6. The van der Waals surface area contributed by atoms with Crippen molar-refractivity contribution in [2.24, 2.45) is 0 Å². The molecule has 3 rings (SSSR count). The Morgan fingerprint density at radius 1 is 1.48 bits per heavy atom. The van der Waals surface area contributed by atoms with Crippen molar-refractivity contribution >= 4 is 27.8 Å². The highest BCUT2D eigenvalue weighted by atomic mass is 16.3. The fourth-order valence-electron chi connectivity index (χ4n) is 2.45. The van der Waals surface area contributed by atoms with Gasteiger partial charge >= 0.3 is 0 Å². The molecule has 0 bridgehead atoms. The van der Waals surface area contributed by atoms with Gasteiger partial charge in [-0.1, -0.05) is 6.92 Å². The van der Waals surface area contributed by atoms with Gasteiger partial charge in [0.15, 0.2) is 5.76 Å². The zero-order chi connectivity index (χ0) is 14.8. The van der Waals surface area contributed by atoms with Crippen LogP contribution in [0.2, 0.25) is 0 Å². The van der Waals surface area contributed by atoms with Gasteiger partial charge in [0.1, 0.15) is 5.58 Å². The van der Waals surface area contributed by atoms with Crippen molar-refractivity contribution in [2.75, 3.05) is 13.2 Å². The van der Waals surface area contributed by atoms with Crippen molar-refractivity contribution in [1.29, 1.82) is 0 Å². The molecule has 2 aromatic heterocycles. The Kier molecular flexibility index (Phi) is 3.62. The predicted octanol–water partition coefficient (Wildman–Crippen LogP) is 1.91. The Bertz CT molecular complexity index is 788. The maximum atomic E-state index is 11.9. The topological polar surface area (TPSA) is 80.3 Å². The lowest BCUT2D eigenvalue weighted by Crippen LogP contribution is -2.25. The molecule has 0 fully saturated rings. The molecular weight excluding hydrogens is 270 g/mol. The maximum absolute atomic E-state index is 11.9. The van der Waals surface area contributed by atoms with Gasteiger partial charge in [0, 0.05) is 23.9 Å². The molecule has 1 aromatic carbocycles. The first kappa shape index (κ1) is 13.6. The number of carbonyl (C=O) groups excluding carboxylic acids is 1.